The molecule has 62 valence electrons. The Labute approximate surface area is 66.4 Å². The first-order chi connectivity index (χ1) is 5.11. The van der Waals surface area contributed by atoms with Gasteiger partial charge in [0.1, 0.15) is 6.33 Å². The van der Waals surface area contributed by atoms with Gasteiger partial charge in [-0.2, -0.15) is 5.10 Å². The summed E-state index contributed by atoms with van der Waals surface area (Å²) in [5.41, 5.74) is 5.81. The molecule has 0 radical (unpaired) electrons. The van der Waals surface area contributed by atoms with Gasteiger partial charge in [0.2, 0.25) is 0 Å². The van der Waals surface area contributed by atoms with Crippen molar-refractivity contribution < 1.29 is 0 Å². The van der Waals surface area contributed by atoms with E-state index in [0.717, 1.165) is 5.82 Å². The second-order valence-electron chi connectivity index (χ2n) is 3.05. The average molecular weight is 154 g/mol. The van der Waals surface area contributed by atoms with Crippen LogP contribution in [0.4, 0.5) is 0 Å². The van der Waals surface area contributed by atoms with Crippen LogP contribution in [0.15, 0.2) is 6.33 Å². The van der Waals surface area contributed by atoms with Crippen LogP contribution in [-0.2, 0) is 7.05 Å². The molecule has 0 amide bonds. The Kier molecular flexibility index (Phi) is 2.24. The average Bonchev–Trinajstić information content (AvgIpc) is 2.34. The van der Waals surface area contributed by atoms with E-state index in [2.05, 4.69) is 23.9 Å². The zero-order valence-electron chi connectivity index (χ0n) is 7.15. The van der Waals surface area contributed by atoms with Gasteiger partial charge in [0.15, 0.2) is 5.82 Å². The molecule has 1 rings (SSSR count). The zero-order valence-corrected chi connectivity index (χ0v) is 7.15. The van der Waals surface area contributed by atoms with E-state index in [1.54, 1.807) is 11.0 Å². The number of aromatic nitrogens is 3. The maximum absolute atomic E-state index is 5.81. The molecule has 0 aromatic carbocycles. The first-order valence-electron chi connectivity index (χ1n) is 3.72. The largest absolute Gasteiger partial charge is 0.321 e. The maximum atomic E-state index is 5.81. The molecule has 0 aliphatic rings. The summed E-state index contributed by atoms with van der Waals surface area (Å²) in [6.45, 7) is 4.11. The third-order valence-corrected chi connectivity index (χ3v) is 1.63. The first-order valence-corrected chi connectivity index (χ1v) is 3.72. The predicted molar refractivity (Wildman–Crippen MR) is 42.8 cm³/mol. The minimum absolute atomic E-state index is 0.0452. The highest BCUT2D eigenvalue weighted by molar-refractivity contribution is 4.91. The highest BCUT2D eigenvalue weighted by atomic mass is 15.3. The summed E-state index contributed by atoms with van der Waals surface area (Å²) in [4.78, 5) is 4.06. The van der Waals surface area contributed by atoms with Crippen molar-refractivity contribution in [3.05, 3.63) is 12.2 Å². The molecule has 0 saturated heterocycles. The van der Waals surface area contributed by atoms with Gasteiger partial charge >= 0.3 is 0 Å². The second kappa shape index (κ2) is 3.00. The predicted octanol–water partition coefficient (Wildman–Crippen LogP) is 0.471. The third kappa shape index (κ3) is 1.77. The van der Waals surface area contributed by atoms with Crippen molar-refractivity contribution in [2.24, 2.45) is 18.7 Å². The Hall–Kier alpha value is -0.900. The lowest BCUT2D eigenvalue weighted by molar-refractivity contribution is 0.487. The fourth-order valence-electron chi connectivity index (χ4n) is 0.807. The summed E-state index contributed by atoms with van der Waals surface area (Å²) in [7, 11) is 1.84. The molecule has 1 aromatic heterocycles. The number of hydrogen-bond donors (Lipinski definition) is 1. The van der Waals surface area contributed by atoms with Gasteiger partial charge in [-0.15, -0.1) is 0 Å². The topological polar surface area (TPSA) is 56.7 Å². The van der Waals surface area contributed by atoms with Gasteiger partial charge in [-0.25, -0.2) is 4.98 Å². The zero-order chi connectivity index (χ0) is 8.43. The van der Waals surface area contributed by atoms with E-state index in [-0.39, 0.29) is 6.04 Å². The Morgan fingerprint density at radius 3 is 2.55 bits per heavy atom. The lowest BCUT2D eigenvalue weighted by Gasteiger charge is -2.10. The van der Waals surface area contributed by atoms with Gasteiger partial charge < -0.3 is 5.73 Å². The molecule has 1 atom stereocenters. The van der Waals surface area contributed by atoms with Crippen LogP contribution in [0.5, 0.6) is 0 Å². The van der Waals surface area contributed by atoms with E-state index in [1.165, 1.54) is 0 Å². The van der Waals surface area contributed by atoms with Crippen molar-refractivity contribution >= 4 is 0 Å². The van der Waals surface area contributed by atoms with Crippen LogP contribution in [0.25, 0.3) is 0 Å². The normalized spacial score (nSPS) is 13.9. The van der Waals surface area contributed by atoms with E-state index >= 15 is 0 Å². The third-order valence-electron chi connectivity index (χ3n) is 1.63. The van der Waals surface area contributed by atoms with Gasteiger partial charge in [0.25, 0.3) is 0 Å². The minimum atomic E-state index is -0.0452. The molecule has 0 fully saturated rings. The molecule has 1 heterocycles. The monoisotopic (exact) mass is 154 g/mol. The van der Waals surface area contributed by atoms with Crippen molar-refractivity contribution in [2.75, 3.05) is 0 Å². The SMILES string of the molecule is CC(C)C(N)c1ncn(C)n1. The van der Waals surface area contributed by atoms with E-state index in [4.69, 9.17) is 5.73 Å². The number of rotatable bonds is 2. The van der Waals surface area contributed by atoms with Crippen LogP contribution in [0.1, 0.15) is 25.7 Å². The van der Waals surface area contributed by atoms with Crippen LogP contribution in [0.3, 0.4) is 0 Å². The van der Waals surface area contributed by atoms with Crippen molar-refractivity contribution in [3.8, 4) is 0 Å². The summed E-state index contributed by atoms with van der Waals surface area (Å²) >= 11 is 0. The fraction of sp³-hybridized carbons (Fsp3) is 0.714. The lowest BCUT2D eigenvalue weighted by Crippen LogP contribution is -2.18. The molecule has 1 unspecified atom stereocenters. The Balaban J connectivity index is 2.76. The molecule has 0 aliphatic carbocycles. The first kappa shape index (κ1) is 8.20. The summed E-state index contributed by atoms with van der Waals surface area (Å²) in [5, 5.41) is 4.11. The summed E-state index contributed by atoms with van der Waals surface area (Å²) in [5.74, 6) is 1.11. The molecule has 0 aliphatic heterocycles. The van der Waals surface area contributed by atoms with Crippen molar-refractivity contribution in [3.63, 3.8) is 0 Å². The van der Waals surface area contributed by atoms with Gasteiger partial charge in [0.05, 0.1) is 6.04 Å². The highest BCUT2D eigenvalue weighted by Crippen LogP contribution is 2.13. The fourth-order valence-corrected chi connectivity index (χ4v) is 0.807. The summed E-state index contributed by atoms with van der Waals surface area (Å²) in [6.07, 6.45) is 1.66. The quantitative estimate of drug-likeness (QED) is 0.673. The van der Waals surface area contributed by atoms with E-state index in [0.29, 0.717) is 5.92 Å². The lowest BCUT2D eigenvalue weighted by atomic mass is 10.1. The molecule has 1 aromatic rings. The molecular formula is C7H14N4. The minimum Gasteiger partial charge on any atom is -0.321 e. The standard InChI is InChI=1S/C7H14N4/c1-5(2)6(8)7-9-4-11(3)10-7/h4-6H,8H2,1-3H3. The van der Waals surface area contributed by atoms with Gasteiger partial charge in [-0.3, -0.25) is 4.68 Å². The number of nitrogens with zero attached hydrogens (tertiary/aromatic N) is 3. The number of nitrogens with two attached hydrogens (primary N) is 1. The Morgan fingerprint density at radius 1 is 1.55 bits per heavy atom. The molecule has 0 saturated carbocycles. The Morgan fingerprint density at radius 2 is 2.18 bits per heavy atom. The second-order valence-corrected chi connectivity index (χ2v) is 3.05. The molecule has 11 heavy (non-hydrogen) atoms. The Bertz CT molecular complexity index is 228. The van der Waals surface area contributed by atoms with Crippen molar-refractivity contribution in [1.82, 2.24) is 14.8 Å². The molecule has 0 spiro atoms. The van der Waals surface area contributed by atoms with Gasteiger partial charge in [-0.05, 0) is 5.92 Å². The van der Waals surface area contributed by atoms with Gasteiger partial charge in [-0.1, -0.05) is 13.8 Å². The van der Waals surface area contributed by atoms with Crippen LogP contribution in [-0.4, -0.2) is 14.8 Å². The molecule has 4 nitrogen and oxygen atoms in total. The highest BCUT2D eigenvalue weighted by Gasteiger charge is 2.13. The molecule has 2 N–H and O–H groups in total. The summed E-state index contributed by atoms with van der Waals surface area (Å²) < 4.78 is 1.66. The molecular weight excluding hydrogens is 140 g/mol. The molecule has 0 bridgehead atoms. The smallest absolute Gasteiger partial charge is 0.167 e. The van der Waals surface area contributed by atoms with Crippen LogP contribution < -0.4 is 5.73 Å². The number of aryl methyl sites for hydroxylation is 1. The summed E-state index contributed by atoms with van der Waals surface area (Å²) in [6, 6.07) is -0.0452. The number of hydrogen-bond acceptors (Lipinski definition) is 3. The van der Waals surface area contributed by atoms with E-state index in [1.807, 2.05) is 7.05 Å². The van der Waals surface area contributed by atoms with Crippen molar-refractivity contribution in [2.45, 2.75) is 19.9 Å². The van der Waals surface area contributed by atoms with Crippen molar-refractivity contribution in [1.29, 1.82) is 0 Å². The molecule has 4 heteroatoms. The van der Waals surface area contributed by atoms with E-state index < -0.39 is 0 Å². The van der Waals surface area contributed by atoms with E-state index in [9.17, 15) is 0 Å². The van der Waals surface area contributed by atoms with Gasteiger partial charge in [0, 0.05) is 7.05 Å². The van der Waals surface area contributed by atoms with Crippen LogP contribution in [0, 0.1) is 5.92 Å². The van der Waals surface area contributed by atoms with Crippen LogP contribution in [0.2, 0.25) is 0 Å². The maximum Gasteiger partial charge on any atom is 0.167 e. The van der Waals surface area contributed by atoms with Crippen LogP contribution >= 0.6 is 0 Å².